The van der Waals surface area contributed by atoms with E-state index in [0.717, 1.165) is 36.5 Å². The predicted molar refractivity (Wildman–Crippen MR) is 68.6 cm³/mol. The number of rotatable bonds is 4. The van der Waals surface area contributed by atoms with Crippen molar-refractivity contribution in [3.63, 3.8) is 0 Å². The fourth-order valence-electron chi connectivity index (χ4n) is 2.44. The van der Waals surface area contributed by atoms with E-state index in [4.69, 9.17) is 5.73 Å². The van der Waals surface area contributed by atoms with Gasteiger partial charge in [-0.3, -0.25) is 4.79 Å². The van der Waals surface area contributed by atoms with Crippen molar-refractivity contribution in [2.75, 3.05) is 0 Å². The number of primary amides is 1. The van der Waals surface area contributed by atoms with E-state index < -0.39 is 0 Å². The first-order chi connectivity index (χ1) is 8.16. The lowest BCUT2D eigenvalue weighted by Gasteiger charge is -2.29. The molecule has 17 heavy (non-hydrogen) atoms. The van der Waals surface area contributed by atoms with Gasteiger partial charge in [-0.1, -0.05) is 12.8 Å². The monoisotopic (exact) mass is 253 g/mol. The molecule has 2 rings (SSSR count). The highest BCUT2D eigenvalue weighted by Gasteiger charge is 2.28. The van der Waals surface area contributed by atoms with Crippen LogP contribution in [0.4, 0.5) is 0 Å². The van der Waals surface area contributed by atoms with Gasteiger partial charge >= 0.3 is 0 Å². The van der Waals surface area contributed by atoms with Crippen molar-refractivity contribution in [1.82, 2.24) is 10.3 Å². The summed E-state index contributed by atoms with van der Waals surface area (Å²) < 4.78 is 0. The number of hydrogen-bond acceptors (Lipinski definition) is 4. The summed E-state index contributed by atoms with van der Waals surface area (Å²) >= 11 is 1.66. The smallest absolute Gasteiger partial charge is 0.222 e. The Balaban J connectivity index is 1.90. The number of nitrogens with zero attached hydrogens (tertiary/aromatic N) is 1. The Morgan fingerprint density at radius 2 is 2.35 bits per heavy atom. The van der Waals surface area contributed by atoms with E-state index in [1.165, 1.54) is 6.42 Å². The summed E-state index contributed by atoms with van der Waals surface area (Å²) in [4.78, 5) is 15.8. The zero-order valence-corrected chi connectivity index (χ0v) is 10.9. The van der Waals surface area contributed by atoms with Crippen LogP contribution in [0.3, 0.4) is 0 Å². The Morgan fingerprint density at radius 3 is 3.00 bits per heavy atom. The first kappa shape index (κ1) is 12.5. The van der Waals surface area contributed by atoms with Gasteiger partial charge in [-0.25, -0.2) is 4.98 Å². The maximum absolute atomic E-state index is 11.3. The number of nitrogens with one attached hydrogen (secondary N) is 1. The molecule has 0 unspecified atom stereocenters. The van der Waals surface area contributed by atoms with Crippen molar-refractivity contribution >= 4 is 17.2 Å². The van der Waals surface area contributed by atoms with E-state index in [2.05, 4.69) is 15.7 Å². The van der Waals surface area contributed by atoms with Crippen LogP contribution in [0.5, 0.6) is 0 Å². The van der Waals surface area contributed by atoms with Crippen LogP contribution >= 0.6 is 11.3 Å². The zero-order chi connectivity index (χ0) is 12.3. The Morgan fingerprint density at radius 1 is 1.59 bits per heavy atom. The second kappa shape index (κ2) is 5.60. The minimum atomic E-state index is -0.170. The summed E-state index contributed by atoms with van der Waals surface area (Å²) in [5, 5.41) is 6.57. The summed E-state index contributed by atoms with van der Waals surface area (Å²) in [6, 6.07) is 0.225. The van der Waals surface area contributed by atoms with Crippen molar-refractivity contribution in [3.8, 4) is 0 Å². The molecule has 1 aromatic rings. The highest BCUT2D eigenvalue weighted by atomic mass is 32.1. The predicted octanol–water partition coefficient (Wildman–Crippen LogP) is 1.59. The van der Waals surface area contributed by atoms with Crippen molar-refractivity contribution in [1.29, 1.82) is 0 Å². The fourth-order valence-corrected chi connectivity index (χ4v) is 3.05. The van der Waals surface area contributed by atoms with E-state index in [0.29, 0.717) is 0 Å². The molecule has 1 aromatic heterocycles. The topological polar surface area (TPSA) is 68.0 Å². The van der Waals surface area contributed by atoms with Crippen LogP contribution in [0.2, 0.25) is 0 Å². The molecular weight excluding hydrogens is 234 g/mol. The molecule has 1 saturated carbocycles. The molecule has 0 bridgehead atoms. The summed E-state index contributed by atoms with van der Waals surface area (Å²) in [5.41, 5.74) is 6.49. The fraction of sp³-hybridized carbons (Fsp3) is 0.667. The van der Waals surface area contributed by atoms with Gasteiger partial charge in [0.25, 0.3) is 0 Å². The number of aryl methyl sites for hydroxylation is 1. The molecule has 1 aliphatic rings. The van der Waals surface area contributed by atoms with Crippen LogP contribution in [-0.2, 0) is 11.3 Å². The van der Waals surface area contributed by atoms with E-state index >= 15 is 0 Å². The molecular formula is C12H19N3OS. The van der Waals surface area contributed by atoms with Crippen LogP contribution in [0.15, 0.2) is 5.38 Å². The highest BCUT2D eigenvalue weighted by molar-refractivity contribution is 7.09. The van der Waals surface area contributed by atoms with Gasteiger partial charge < -0.3 is 11.1 Å². The zero-order valence-electron chi connectivity index (χ0n) is 10.1. The number of hydrogen-bond donors (Lipinski definition) is 2. The Labute approximate surface area is 106 Å². The molecule has 1 fully saturated rings. The van der Waals surface area contributed by atoms with Crippen LogP contribution in [0.25, 0.3) is 0 Å². The number of nitrogens with two attached hydrogens (primary N) is 1. The first-order valence-corrected chi connectivity index (χ1v) is 6.98. The lowest BCUT2D eigenvalue weighted by molar-refractivity contribution is -0.123. The van der Waals surface area contributed by atoms with Gasteiger partial charge in [0.2, 0.25) is 5.91 Å². The van der Waals surface area contributed by atoms with E-state index in [-0.39, 0.29) is 17.9 Å². The summed E-state index contributed by atoms with van der Waals surface area (Å²) in [7, 11) is 0. The minimum absolute atomic E-state index is 0.0107. The molecule has 94 valence electrons. The van der Waals surface area contributed by atoms with Crippen molar-refractivity contribution in [2.24, 2.45) is 11.7 Å². The maximum Gasteiger partial charge on any atom is 0.222 e. The third-order valence-corrected chi connectivity index (χ3v) is 4.17. The molecule has 0 aromatic carbocycles. The second-order valence-corrected chi connectivity index (χ2v) is 5.70. The van der Waals surface area contributed by atoms with Crippen molar-refractivity contribution in [3.05, 3.63) is 16.1 Å². The van der Waals surface area contributed by atoms with Crippen LogP contribution in [0.1, 0.15) is 36.4 Å². The molecule has 2 atom stereocenters. The summed E-state index contributed by atoms with van der Waals surface area (Å²) in [5.74, 6) is -0.180. The van der Waals surface area contributed by atoms with Crippen molar-refractivity contribution < 1.29 is 4.79 Å². The third-order valence-electron chi connectivity index (χ3n) is 3.34. The average molecular weight is 253 g/mol. The Kier molecular flexibility index (Phi) is 4.12. The number of carbonyl (C=O) groups is 1. The number of carbonyl (C=O) groups excluding carboxylic acids is 1. The normalized spacial score (nSPS) is 24.8. The lowest BCUT2D eigenvalue weighted by atomic mass is 9.84. The average Bonchev–Trinajstić information content (AvgIpc) is 2.73. The first-order valence-electron chi connectivity index (χ1n) is 6.10. The van der Waals surface area contributed by atoms with Gasteiger partial charge in [0.05, 0.1) is 16.6 Å². The van der Waals surface area contributed by atoms with Gasteiger partial charge in [-0.05, 0) is 19.8 Å². The van der Waals surface area contributed by atoms with Crippen LogP contribution in [-0.4, -0.2) is 16.9 Å². The number of aromatic nitrogens is 1. The SMILES string of the molecule is Cc1nc(CN[C@H]2CCCC[C@H]2C(N)=O)cs1. The molecule has 0 aliphatic heterocycles. The standard InChI is InChI=1S/C12H19N3OS/c1-8-15-9(7-17-8)6-14-11-5-3-2-4-10(11)12(13)16/h7,10-11,14H,2-6H2,1H3,(H2,13,16)/t10-,11+/m1/s1. The summed E-state index contributed by atoms with van der Waals surface area (Å²) in [6.07, 6.45) is 4.25. The lowest BCUT2D eigenvalue weighted by Crippen LogP contribution is -2.44. The van der Waals surface area contributed by atoms with Gasteiger partial charge in [-0.2, -0.15) is 0 Å². The molecule has 3 N–H and O–H groups in total. The van der Waals surface area contributed by atoms with Crippen molar-refractivity contribution in [2.45, 2.75) is 45.2 Å². The Hall–Kier alpha value is -0.940. The quantitative estimate of drug-likeness (QED) is 0.856. The van der Waals surface area contributed by atoms with E-state index in [9.17, 15) is 4.79 Å². The molecule has 1 amide bonds. The van der Waals surface area contributed by atoms with Gasteiger partial charge in [0, 0.05) is 18.0 Å². The third kappa shape index (κ3) is 3.26. The van der Waals surface area contributed by atoms with Gasteiger partial charge in [0.1, 0.15) is 0 Å². The second-order valence-electron chi connectivity index (χ2n) is 4.64. The number of thiazole rings is 1. The molecule has 0 saturated heterocycles. The minimum Gasteiger partial charge on any atom is -0.369 e. The van der Waals surface area contributed by atoms with Gasteiger partial charge in [0.15, 0.2) is 0 Å². The molecule has 5 heteroatoms. The molecule has 4 nitrogen and oxygen atoms in total. The molecule has 1 aliphatic carbocycles. The highest BCUT2D eigenvalue weighted by Crippen LogP contribution is 2.24. The van der Waals surface area contributed by atoms with E-state index in [1.54, 1.807) is 11.3 Å². The largest absolute Gasteiger partial charge is 0.369 e. The molecule has 0 radical (unpaired) electrons. The van der Waals surface area contributed by atoms with Crippen LogP contribution < -0.4 is 11.1 Å². The molecule has 0 spiro atoms. The van der Waals surface area contributed by atoms with Crippen LogP contribution in [0, 0.1) is 12.8 Å². The van der Waals surface area contributed by atoms with E-state index in [1.807, 2.05) is 6.92 Å². The molecule has 1 heterocycles. The van der Waals surface area contributed by atoms with Gasteiger partial charge in [-0.15, -0.1) is 11.3 Å². The Bertz CT molecular complexity index is 391. The summed E-state index contributed by atoms with van der Waals surface area (Å²) in [6.45, 7) is 2.74. The number of amides is 1. The maximum atomic E-state index is 11.3.